The molecule has 0 fully saturated rings. The number of hydrogen-bond acceptors (Lipinski definition) is 3. The first kappa shape index (κ1) is 18.4. The standard InChI is InChI=1S/C23H21ClN4/c1-27(15-18-6-5-13-25-14-18)16-20-17-28(22-7-3-2-4-8-22)26-23(20)19-9-11-21(24)12-10-19/h2-14,17H,15-16H2,1H3. The fraction of sp³-hybridized carbons (Fsp3) is 0.130. The van der Waals surface area contributed by atoms with E-state index in [1.165, 1.54) is 5.56 Å². The van der Waals surface area contributed by atoms with Crippen molar-refractivity contribution in [1.82, 2.24) is 19.7 Å². The van der Waals surface area contributed by atoms with Crippen molar-refractivity contribution in [3.8, 4) is 16.9 Å². The predicted molar refractivity (Wildman–Crippen MR) is 113 cm³/mol. The van der Waals surface area contributed by atoms with Gasteiger partial charge in [-0.2, -0.15) is 5.10 Å². The fourth-order valence-electron chi connectivity index (χ4n) is 3.24. The van der Waals surface area contributed by atoms with Crippen LogP contribution in [0.15, 0.2) is 85.3 Å². The first-order valence-corrected chi connectivity index (χ1v) is 9.54. The second-order valence-electron chi connectivity index (χ2n) is 6.82. The highest BCUT2D eigenvalue weighted by molar-refractivity contribution is 6.30. The molecule has 0 N–H and O–H groups in total. The largest absolute Gasteiger partial charge is 0.298 e. The van der Waals surface area contributed by atoms with E-state index in [-0.39, 0.29) is 0 Å². The number of rotatable bonds is 6. The van der Waals surface area contributed by atoms with Gasteiger partial charge in [-0.15, -0.1) is 0 Å². The molecule has 0 saturated heterocycles. The second kappa shape index (κ2) is 8.38. The predicted octanol–water partition coefficient (Wildman–Crippen LogP) is 5.22. The second-order valence-corrected chi connectivity index (χ2v) is 7.26. The highest BCUT2D eigenvalue weighted by Crippen LogP contribution is 2.26. The highest BCUT2D eigenvalue weighted by atomic mass is 35.5. The number of para-hydroxylation sites is 1. The Morgan fingerprint density at radius 2 is 1.71 bits per heavy atom. The monoisotopic (exact) mass is 388 g/mol. The third-order valence-electron chi connectivity index (χ3n) is 4.54. The van der Waals surface area contributed by atoms with Crippen molar-refractivity contribution >= 4 is 11.6 Å². The molecule has 0 unspecified atom stereocenters. The van der Waals surface area contributed by atoms with E-state index in [1.807, 2.05) is 59.4 Å². The van der Waals surface area contributed by atoms with Crippen LogP contribution in [-0.4, -0.2) is 26.7 Å². The lowest BCUT2D eigenvalue weighted by Crippen LogP contribution is -2.17. The summed E-state index contributed by atoms with van der Waals surface area (Å²) in [4.78, 5) is 6.47. The Kier molecular flexibility index (Phi) is 5.51. The van der Waals surface area contributed by atoms with Crippen LogP contribution in [0.25, 0.3) is 16.9 Å². The van der Waals surface area contributed by atoms with Gasteiger partial charge in [0.15, 0.2) is 0 Å². The van der Waals surface area contributed by atoms with Gasteiger partial charge in [-0.25, -0.2) is 4.68 Å². The highest BCUT2D eigenvalue weighted by Gasteiger charge is 2.14. The van der Waals surface area contributed by atoms with Crippen molar-refractivity contribution in [1.29, 1.82) is 0 Å². The van der Waals surface area contributed by atoms with Crippen molar-refractivity contribution in [2.24, 2.45) is 0 Å². The minimum absolute atomic E-state index is 0.724. The van der Waals surface area contributed by atoms with Crippen molar-refractivity contribution < 1.29 is 0 Å². The maximum Gasteiger partial charge on any atom is 0.0972 e. The van der Waals surface area contributed by atoms with Gasteiger partial charge in [-0.05, 0) is 42.9 Å². The summed E-state index contributed by atoms with van der Waals surface area (Å²) < 4.78 is 1.94. The van der Waals surface area contributed by atoms with Crippen LogP contribution in [0.2, 0.25) is 5.02 Å². The van der Waals surface area contributed by atoms with Crippen molar-refractivity contribution in [3.63, 3.8) is 0 Å². The molecule has 4 nitrogen and oxygen atoms in total. The van der Waals surface area contributed by atoms with Crippen molar-refractivity contribution in [2.75, 3.05) is 7.05 Å². The molecule has 0 saturated carbocycles. The maximum atomic E-state index is 6.07. The van der Waals surface area contributed by atoms with E-state index in [9.17, 15) is 0 Å². The van der Waals surface area contributed by atoms with Crippen LogP contribution in [0, 0.1) is 0 Å². The van der Waals surface area contributed by atoms with E-state index in [4.69, 9.17) is 16.7 Å². The number of halogens is 1. The van der Waals surface area contributed by atoms with E-state index < -0.39 is 0 Å². The smallest absolute Gasteiger partial charge is 0.0972 e. The zero-order valence-electron chi connectivity index (χ0n) is 15.7. The van der Waals surface area contributed by atoms with Crippen molar-refractivity contribution in [2.45, 2.75) is 13.1 Å². The first-order valence-electron chi connectivity index (χ1n) is 9.16. The van der Waals surface area contributed by atoms with Crippen LogP contribution < -0.4 is 0 Å². The van der Waals surface area contributed by atoms with Gasteiger partial charge in [0.05, 0.1) is 11.4 Å². The summed E-state index contributed by atoms with van der Waals surface area (Å²) in [5, 5.41) is 5.60. The number of aromatic nitrogens is 3. The van der Waals surface area contributed by atoms with E-state index >= 15 is 0 Å². The SMILES string of the molecule is CN(Cc1cccnc1)Cc1cn(-c2ccccc2)nc1-c1ccc(Cl)cc1. The maximum absolute atomic E-state index is 6.07. The molecule has 0 radical (unpaired) electrons. The average molecular weight is 389 g/mol. The van der Waals surface area contributed by atoms with Crippen molar-refractivity contribution in [3.05, 3.63) is 101 Å². The quantitative estimate of drug-likeness (QED) is 0.454. The Balaban J connectivity index is 1.66. The molecule has 28 heavy (non-hydrogen) atoms. The van der Waals surface area contributed by atoms with E-state index in [2.05, 4.69) is 41.3 Å². The van der Waals surface area contributed by atoms with Gasteiger partial charge in [0.2, 0.25) is 0 Å². The van der Waals surface area contributed by atoms with Crippen LogP contribution in [0.3, 0.4) is 0 Å². The van der Waals surface area contributed by atoms with E-state index in [0.717, 1.165) is 40.6 Å². The molecule has 4 aromatic rings. The Labute approximate surface area is 170 Å². The van der Waals surface area contributed by atoms with E-state index in [1.54, 1.807) is 6.20 Å². The summed E-state index contributed by atoms with van der Waals surface area (Å²) in [6.07, 6.45) is 5.81. The topological polar surface area (TPSA) is 34.0 Å². The Hall–Kier alpha value is -2.95. The zero-order valence-corrected chi connectivity index (χ0v) is 16.4. The van der Waals surface area contributed by atoms with Crippen LogP contribution in [0.1, 0.15) is 11.1 Å². The van der Waals surface area contributed by atoms with Crippen LogP contribution in [0.4, 0.5) is 0 Å². The summed E-state index contributed by atoms with van der Waals surface area (Å²) in [7, 11) is 2.11. The Bertz CT molecular complexity index is 1030. The summed E-state index contributed by atoms with van der Waals surface area (Å²) >= 11 is 6.07. The van der Waals surface area contributed by atoms with Gasteiger partial charge in [-0.3, -0.25) is 9.88 Å². The molecular formula is C23H21ClN4. The summed E-state index contributed by atoms with van der Waals surface area (Å²) in [6, 6.07) is 22.1. The molecule has 0 amide bonds. The number of pyridine rings is 1. The van der Waals surface area contributed by atoms with Crippen LogP contribution >= 0.6 is 11.6 Å². The Morgan fingerprint density at radius 1 is 0.929 bits per heavy atom. The minimum Gasteiger partial charge on any atom is -0.298 e. The number of hydrogen-bond donors (Lipinski definition) is 0. The zero-order chi connectivity index (χ0) is 19.3. The normalized spacial score (nSPS) is 11.1. The molecule has 140 valence electrons. The first-order chi connectivity index (χ1) is 13.7. The average Bonchev–Trinajstić information content (AvgIpc) is 3.13. The van der Waals surface area contributed by atoms with Gasteiger partial charge in [0.1, 0.15) is 0 Å². The molecule has 0 aliphatic rings. The lowest BCUT2D eigenvalue weighted by Gasteiger charge is -2.16. The molecule has 0 aliphatic heterocycles. The summed E-state index contributed by atoms with van der Waals surface area (Å²) in [5.41, 5.74) is 5.42. The van der Waals surface area contributed by atoms with Gasteiger partial charge < -0.3 is 0 Å². The molecule has 0 bridgehead atoms. The number of benzene rings is 2. The summed E-state index contributed by atoms with van der Waals surface area (Å²) in [5.74, 6) is 0. The molecular weight excluding hydrogens is 368 g/mol. The molecule has 2 heterocycles. The molecule has 2 aromatic heterocycles. The molecule has 4 rings (SSSR count). The third-order valence-corrected chi connectivity index (χ3v) is 4.80. The minimum atomic E-state index is 0.724. The van der Waals surface area contributed by atoms with Gasteiger partial charge in [0.25, 0.3) is 0 Å². The third kappa shape index (κ3) is 4.30. The lowest BCUT2D eigenvalue weighted by atomic mass is 10.1. The molecule has 0 spiro atoms. The Morgan fingerprint density at radius 3 is 2.43 bits per heavy atom. The number of nitrogens with zero attached hydrogens (tertiary/aromatic N) is 4. The molecule has 5 heteroatoms. The van der Waals surface area contributed by atoms with Crippen LogP contribution in [-0.2, 0) is 13.1 Å². The molecule has 2 aromatic carbocycles. The van der Waals surface area contributed by atoms with Crippen LogP contribution in [0.5, 0.6) is 0 Å². The van der Waals surface area contributed by atoms with Gasteiger partial charge in [-0.1, -0.05) is 48.0 Å². The molecule has 0 atom stereocenters. The lowest BCUT2D eigenvalue weighted by molar-refractivity contribution is 0.319. The van der Waals surface area contributed by atoms with E-state index in [0.29, 0.717) is 0 Å². The fourth-order valence-corrected chi connectivity index (χ4v) is 3.37. The summed E-state index contributed by atoms with van der Waals surface area (Å²) in [6.45, 7) is 1.60. The van der Waals surface area contributed by atoms with Gasteiger partial charge in [0, 0.05) is 47.8 Å². The molecule has 0 aliphatic carbocycles. The van der Waals surface area contributed by atoms with Gasteiger partial charge >= 0.3 is 0 Å².